The first-order chi connectivity index (χ1) is 14.0. The van der Waals surface area contributed by atoms with Crippen LogP contribution in [0.4, 0.5) is 4.79 Å². The lowest BCUT2D eigenvalue weighted by molar-refractivity contribution is -0.144. The highest BCUT2D eigenvalue weighted by Crippen LogP contribution is 2.10. The lowest BCUT2D eigenvalue weighted by Crippen LogP contribution is -2.36. The number of esters is 2. The van der Waals surface area contributed by atoms with Crippen LogP contribution < -0.4 is 5.32 Å². The highest BCUT2D eigenvalue weighted by Gasteiger charge is 2.23. The number of rotatable bonds is 8. The molecule has 2 aromatic rings. The monoisotopic (exact) mass is 397 g/mol. The molecule has 2 rings (SSSR count). The maximum Gasteiger partial charge on any atom is 0.407 e. The van der Waals surface area contributed by atoms with Gasteiger partial charge in [0.2, 0.25) is 0 Å². The number of hydrogen-bond donors (Lipinski definition) is 1. The van der Waals surface area contributed by atoms with Crippen molar-refractivity contribution < 1.29 is 28.6 Å². The Morgan fingerprint density at radius 2 is 1.38 bits per heavy atom. The van der Waals surface area contributed by atoms with Crippen molar-refractivity contribution in [2.45, 2.75) is 19.1 Å². The maximum absolute atomic E-state index is 12.3. The van der Waals surface area contributed by atoms with Gasteiger partial charge in [-0.3, -0.25) is 0 Å². The summed E-state index contributed by atoms with van der Waals surface area (Å²) in [6.45, 7) is 0.0926. The Balaban J connectivity index is 2.17. The molecule has 0 heterocycles. The predicted molar refractivity (Wildman–Crippen MR) is 106 cm³/mol. The summed E-state index contributed by atoms with van der Waals surface area (Å²) in [5, 5.41) is 2.67. The Labute approximate surface area is 169 Å². The molecule has 1 atom stereocenters. The van der Waals surface area contributed by atoms with Gasteiger partial charge in [-0.2, -0.15) is 0 Å². The third-order valence-corrected chi connectivity index (χ3v) is 3.99. The highest BCUT2D eigenvalue weighted by molar-refractivity contribution is 6.14. The molecule has 0 aliphatic heterocycles. The highest BCUT2D eigenvalue weighted by atomic mass is 16.6. The zero-order valence-electron chi connectivity index (χ0n) is 16.3. The molecule has 0 fully saturated rings. The van der Waals surface area contributed by atoms with Crippen LogP contribution in [0.2, 0.25) is 0 Å². The fourth-order valence-electron chi connectivity index (χ4n) is 2.58. The molecule has 29 heavy (non-hydrogen) atoms. The van der Waals surface area contributed by atoms with Crippen molar-refractivity contribution in [3.05, 3.63) is 83.4 Å². The van der Waals surface area contributed by atoms with Crippen molar-refractivity contribution in [3.63, 3.8) is 0 Å². The number of alkyl carbamates (subject to hydrolysis) is 1. The molecule has 0 bridgehead atoms. The molecule has 0 aliphatic rings. The van der Waals surface area contributed by atoms with Gasteiger partial charge in [0.25, 0.3) is 0 Å². The van der Waals surface area contributed by atoms with Crippen LogP contribution in [-0.4, -0.2) is 38.3 Å². The standard InChI is InChI=1S/C22H23NO6/c1-27-20(24)19(21(25)28-2)14-18(13-16-9-5-3-6-10-16)23-22(26)29-15-17-11-7-4-8-12-17/h3-12,14,18H,13,15H2,1-2H3,(H,23,26). The first-order valence-corrected chi connectivity index (χ1v) is 8.93. The molecule has 7 nitrogen and oxygen atoms in total. The molecule has 0 saturated carbocycles. The Hall–Kier alpha value is -3.61. The van der Waals surface area contributed by atoms with Crippen LogP contribution in [-0.2, 0) is 36.8 Å². The summed E-state index contributed by atoms with van der Waals surface area (Å²) in [6, 6.07) is 17.8. The van der Waals surface area contributed by atoms with Crippen molar-refractivity contribution in [2.75, 3.05) is 14.2 Å². The molecule has 1 N–H and O–H groups in total. The average Bonchev–Trinajstić information content (AvgIpc) is 2.76. The first kappa shape index (κ1) is 21.7. The smallest absolute Gasteiger partial charge is 0.407 e. The molecule has 0 saturated heterocycles. The minimum atomic E-state index is -0.852. The van der Waals surface area contributed by atoms with Crippen LogP contribution in [0, 0.1) is 0 Å². The molecule has 0 aromatic heterocycles. The van der Waals surface area contributed by atoms with Crippen LogP contribution in [0.1, 0.15) is 11.1 Å². The number of methoxy groups -OCH3 is 2. The molecule has 0 aliphatic carbocycles. The lowest BCUT2D eigenvalue weighted by atomic mass is 10.0. The zero-order valence-corrected chi connectivity index (χ0v) is 16.3. The molecule has 1 amide bonds. The summed E-state index contributed by atoms with van der Waals surface area (Å²) in [7, 11) is 2.32. The molecule has 1 unspecified atom stereocenters. The van der Waals surface area contributed by atoms with Crippen LogP contribution in [0.25, 0.3) is 0 Å². The van der Waals surface area contributed by atoms with Gasteiger partial charge in [0, 0.05) is 0 Å². The third-order valence-electron chi connectivity index (χ3n) is 3.99. The van der Waals surface area contributed by atoms with Crippen molar-refractivity contribution in [2.24, 2.45) is 0 Å². The number of amides is 1. The minimum absolute atomic E-state index is 0.0926. The lowest BCUT2D eigenvalue weighted by Gasteiger charge is -2.17. The predicted octanol–water partition coefficient (Wildman–Crippen LogP) is 2.80. The second-order valence-electron chi connectivity index (χ2n) is 6.07. The Morgan fingerprint density at radius 3 is 1.90 bits per heavy atom. The van der Waals surface area contributed by atoms with Crippen LogP contribution >= 0.6 is 0 Å². The summed E-state index contributed by atoms with van der Waals surface area (Å²) in [5.41, 5.74) is 1.42. The quantitative estimate of drug-likeness (QED) is 0.242. The first-order valence-electron chi connectivity index (χ1n) is 8.93. The fraction of sp³-hybridized carbons (Fsp3) is 0.227. The number of benzene rings is 2. The molecular weight excluding hydrogens is 374 g/mol. The number of nitrogens with one attached hydrogen (secondary N) is 1. The van der Waals surface area contributed by atoms with Crippen LogP contribution in [0.3, 0.4) is 0 Å². The average molecular weight is 397 g/mol. The molecule has 0 radical (unpaired) electrons. The van der Waals surface area contributed by atoms with Gasteiger partial charge < -0.3 is 19.5 Å². The summed E-state index contributed by atoms with van der Waals surface area (Å²) < 4.78 is 14.5. The van der Waals surface area contributed by atoms with E-state index in [-0.39, 0.29) is 12.2 Å². The minimum Gasteiger partial charge on any atom is -0.465 e. The summed E-state index contributed by atoms with van der Waals surface area (Å²) in [4.78, 5) is 36.2. The van der Waals surface area contributed by atoms with E-state index in [1.807, 2.05) is 60.7 Å². The number of carbonyl (C=O) groups excluding carboxylic acids is 3. The van der Waals surface area contributed by atoms with E-state index in [9.17, 15) is 14.4 Å². The molecular formula is C22H23NO6. The fourth-order valence-corrected chi connectivity index (χ4v) is 2.58. The van der Waals surface area contributed by atoms with E-state index in [4.69, 9.17) is 4.74 Å². The normalized spacial score (nSPS) is 11.0. The van der Waals surface area contributed by atoms with E-state index in [2.05, 4.69) is 14.8 Å². The van der Waals surface area contributed by atoms with E-state index in [0.29, 0.717) is 6.42 Å². The van der Waals surface area contributed by atoms with Crippen molar-refractivity contribution in [1.82, 2.24) is 5.32 Å². The number of ether oxygens (including phenoxy) is 3. The van der Waals surface area contributed by atoms with Gasteiger partial charge in [0.15, 0.2) is 0 Å². The van der Waals surface area contributed by atoms with Crippen molar-refractivity contribution in [1.29, 1.82) is 0 Å². The third kappa shape index (κ3) is 7.14. The van der Waals surface area contributed by atoms with E-state index < -0.39 is 24.1 Å². The topological polar surface area (TPSA) is 90.9 Å². The van der Waals surface area contributed by atoms with Crippen molar-refractivity contribution >= 4 is 18.0 Å². The van der Waals surface area contributed by atoms with Gasteiger partial charge >= 0.3 is 18.0 Å². The number of carbonyl (C=O) groups is 3. The Morgan fingerprint density at radius 1 is 0.862 bits per heavy atom. The van der Waals surface area contributed by atoms with Gasteiger partial charge in [-0.25, -0.2) is 14.4 Å². The maximum atomic E-state index is 12.3. The summed E-state index contributed by atoms with van der Waals surface area (Å²) in [5.74, 6) is -1.70. The van der Waals surface area contributed by atoms with Gasteiger partial charge in [-0.1, -0.05) is 60.7 Å². The Bertz CT molecular complexity index is 830. The second-order valence-corrected chi connectivity index (χ2v) is 6.07. The SMILES string of the molecule is COC(=O)C(=CC(Cc1ccccc1)NC(=O)OCc1ccccc1)C(=O)OC. The summed E-state index contributed by atoms with van der Waals surface area (Å²) >= 11 is 0. The van der Waals surface area contributed by atoms with Gasteiger partial charge in [0.05, 0.1) is 20.3 Å². The van der Waals surface area contributed by atoms with Crippen LogP contribution in [0.15, 0.2) is 72.3 Å². The van der Waals surface area contributed by atoms with E-state index in [0.717, 1.165) is 25.3 Å². The largest absolute Gasteiger partial charge is 0.465 e. The van der Waals surface area contributed by atoms with Crippen molar-refractivity contribution in [3.8, 4) is 0 Å². The molecule has 2 aromatic carbocycles. The number of hydrogen-bond acceptors (Lipinski definition) is 6. The molecule has 152 valence electrons. The molecule has 7 heteroatoms. The van der Waals surface area contributed by atoms with Gasteiger partial charge in [-0.05, 0) is 23.6 Å². The van der Waals surface area contributed by atoms with E-state index in [1.54, 1.807) is 0 Å². The van der Waals surface area contributed by atoms with E-state index in [1.165, 1.54) is 6.08 Å². The van der Waals surface area contributed by atoms with Crippen LogP contribution in [0.5, 0.6) is 0 Å². The molecule has 0 spiro atoms. The van der Waals surface area contributed by atoms with Gasteiger partial charge in [0.1, 0.15) is 12.2 Å². The van der Waals surface area contributed by atoms with E-state index >= 15 is 0 Å². The summed E-state index contributed by atoms with van der Waals surface area (Å²) in [6.07, 6.45) is 0.966. The zero-order chi connectivity index (χ0) is 21.1. The second kappa shape index (κ2) is 11.3. The van der Waals surface area contributed by atoms with Gasteiger partial charge in [-0.15, -0.1) is 0 Å². The Kier molecular flexibility index (Phi) is 8.44.